The Labute approximate surface area is 109 Å². The quantitative estimate of drug-likeness (QED) is 0.547. The van der Waals surface area contributed by atoms with Gasteiger partial charge in [0.15, 0.2) is 11.8 Å². The van der Waals surface area contributed by atoms with Gasteiger partial charge in [-0.15, -0.1) is 0 Å². The molecule has 2 aliphatic heterocycles. The van der Waals surface area contributed by atoms with Gasteiger partial charge < -0.3 is 26.0 Å². The van der Waals surface area contributed by atoms with Gasteiger partial charge in [0.1, 0.15) is 18.0 Å². The lowest BCUT2D eigenvalue weighted by Gasteiger charge is -2.18. The van der Waals surface area contributed by atoms with E-state index < -0.39 is 18.4 Å². The van der Waals surface area contributed by atoms with Crippen LogP contribution in [0.5, 0.6) is 0 Å². The molecule has 0 radical (unpaired) electrons. The standard InChI is InChI=1S/C11H15N5O3/c1-5-9-10(15-11(12)14-5)16(4-13-9)8-2-6(18)7(3-17)19-8/h4,6-8,17-18H,1-3H2,(H3,12,14,15)/t6-,7-,8-/m1/s1. The lowest BCUT2D eigenvalue weighted by Crippen LogP contribution is -2.32. The largest absolute Gasteiger partial charge is 0.394 e. The van der Waals surface area contributed by atoms with E-state index in [9.17, 15) is 5.11 Å². The molecule has 1 saturated heterocycles. The molecule has 5 N–H and O–H groups in total. The zero-order valence-electron chi connectivity index (χ0n) is 10.2. The fourth-order valence-corrected chi connectivity index (χ4v) is 2.30. The highest BCUT2D eigenvalue weighted by Crippen LogP contribution is 2.35. The minimum Gasteiger partial charge on any atom is -0.394 e. The van der Waals surface area contributed by atoms with Gasteiger partial charge >= 0.3 is 0 Å². The summed E-state index contributed by atoms with van der Waals surface area (Å²) < 4.78 is 7.25. The van der Waals surface area contributed by atoms with Crippen LogP contribution in [0.15, 0.2) is 17.9 Å². The van der Waals surface area contributed by atoms with Gasteiger partial charge in [0.2, 0.25) is 0 Å². The van der Waals surface area contributed by atoms with Gasteiger partial charge in [0.05, 0.1) is 24.7 Å². The van der Waals surface area contributed by atoms with Crippen LogP contribution in [0.4, 0.5) is 5.82 Å². The number of nitrogens with two attached hydrogens (primary N) is 1. The third-order valence-electron chi connectivity index (χ3n) is 3.25. The van der Waals surface area contributed by atoms with E-state index in [1.54, 1.807) is 10.9 Å². The number of aromatic nitrogens is 2. The molecule has 0 aliphatic carbocycles. The van der Waals surface area contributed by atoms with Crippen molar-refractivity contribution in [2.75, 3.05) is 6.61 Å². The zero-order valence-corrected chi connectivity index (χ0v) is 10.2. The van der Waals surface area contributed by atoms with Crippen LogP contribution >= 0.6 is 0 Å². The molecular formula is C11H15N5O3. The summed E-state index contributed by atoms with van der Waals surface area (Å²) in [5.74, 6) is 0.772. The van der Waals surface area contributed by atoms with Crippen molar-refractivity contribution in [1.29, 1.82) is 0 Å². The Bertz CT molecular complexity index is 553. The molecule has 2 aliphatic rings. The summed E-state index contributed by atoms with van der Waals surface area (Å²) >= 11 is 0. The number of imidazole rings is 1. The first-order valence-corrected chi connectivity index (χ1v) is 5.92. The molecule has 0 bridgehead atoms. The van der Waals surface area contributed by atoms with Crippen LogP contribution in [0.3, 0.4) is 0 Å². The molecule has 1 aromatic rings. The SMILES string of the molecule is C=C1NC(N)=Nc2c1ncn2[C@H]1C[C@@H](O)[C@@H](CO)O1. The molecule has 19 heavy (non-hydrogen) atoms. The molecule has 1 fully saturated rings. The van der Waals surface area contributed by atoms with Crippen LogP contribution in [-0.4, -0.2) is 44.5 Å². The summed E-state index contributed by atoms with van der Waals surface area (Å²) in [6, 6.07) is 0. The van der Waals surface area contributed by atoms with Gasteiger partial charge in [-0.1, -0.05) is 6.58 Å². The summed E-state index contributed by atoms with van der Waals surface area (Å²) in [5.41, 5.74) is 6.82. The van der Waals surface area contributed by atoms with Gasteiger partial charge in [-0.3, -0.25) is 4.57 Å². The van der Waals surface area contributed by atoms with E-state index >= 15 is 0 Å². The van der Waals surface area contributed by atoms with Crippen molar-refractivity contribution in [3.63, 3.8) is 0 Å². The van der Waals surface area contributed by atoms with Gasteiger partial charge in [-0.2, -0.15) is 4.99 Å². The maximum absolute atomic E-state index is 9.76. The average Bonchev–Trinajstić information content (AvgIpc) is 2.92. The molecule has 3 atom stereocenters. The van der Waals surface area contributed by atoms with Gasteiger partial charge in [-0.25, -0.2) is 4.98 Å². The maximum atomic E-state index is 9.76. The highest BCUT2D eigenvalue weighted by molar-refractivity contribution is 5.93. The number of aliphatic hydroxyl groups is 2. The van der Waals surface area contributed by atoms with Crippen molar-refractivity contribution >= 4 is 17.5 Å². The zero-order chi connectivity index (χ0) is 13.6. The van der Waals surface area contributed by atoms with E-state index in [4.69, 9.17) is 15.6 Å². The molecule has 1 aromatic heterocycles. The van der Waals surface area contributed by atoms with E-state index in [1.807, 2.05) is 0 Å². The number of ether oxygens (including phenoxy) is 1. The number of hydrogen-bond donors (Lipinski definition) is 4. The Balaban J connectivity index is 1.94. The van der Waals surface area contributed by atoms with Crippen molar-refractivity contribution in [2.45, 2.75) is 24.9 Å². The first-order chi connectivity index (χ1) is 9.10. The maximum Gasteiger partial charge on any atom is 0.199 e. The minimum absolute atomic E-state index is 0.228. The normalized spacial score (nSPS) is 29.9. The number of guanidine groups is 1. The lowest BCUT2D eigenvalue weighted by atomic mass is 10.2. The van der Waals surface area contributed by atoms with E-state index in [0.717, 1.165) is 0 Å². The summed E-state index contributed by atoms with van der Waals surface area (Å²) in [5, 5.41) is 21.6. The van der Waals surface area contributed by atoms with Crippen molar-refractivity contribution in [3.05, 3.63) is 18.6 Å². The minimum atomic E-state index is -0.709. The molecular weight excluding hydrogens is 250 g/mol. The molecule has 8 heteroatoms. The van der Waals surface area contributed by atoms with Gasteiger partial charge in [0.25, 0.3) is 0 Å². The second-order valence-corrected chi connectivity index (χ2v) is 4.54. The second kappa shape index (κ2) is 4.34. The highest BCUT2D eigenvalue weighted by atomic mass is 16.5. The molecule has 0 amide bonds. The Hall–Kier alpha value is -1.90. The van der Waals surface area contributed by atoms with Crippen LogP contribution in [0.1, 0.15) is 18.3 Å². The molecule has 0 saturated carbocycles. The van der Waals surface area contributed by atoms with Crippen molar-refractivity contribution in [2.24, 2.45) is 10.7 Å². The second-order valence-electron chi connectivity index (χ2n) is 4.54. The Morgan fingerprint density at radius 1 is 1.63 bits per heavy atom. The first-order valence-electron chi connectivity index (χ1n) is 5.92. The van der Waals surface area contributed by atoms with Crippen molar-refractivity contribution in [1.82, 2.24) is 14.9 Å². The molecule has 0 unspecified atom stereocenters. The van der Waals surface area contributed by atoms with Crippen molar-refractivity contribution in [3.8, 4) is 0 Å². The van der Waals surface area contributed by atoms with Crippen LogP contribution in [0.2, 0.25) is 0 Å². The number of hydrogen-bond acceptors (Lipinski definition) is 7. The fourth-order valence-electron chi connectivity index (χ4n) is 2.30. The predicted molar refractivity (Wildman–Crippen MR) is 67.3 cm³/mol. The summed E-state index contributed by atoms with van der Waals surface area (Å²) in [6.07, 6.45) is 0.208. The third-order valence-corrected chi connectivity index (χ3v) is 3.25. The number of nitrogens with zero attached hydrogens (tertiary/aromatic N) is 3. The van der Waals surface area contributed by atoms with Crippen LogP contribution in [-0.2, 0) is 4.74 Å². The van der Waals surface area contributed by atoms with Crippen LogP contribution < -0.4 is 11.1 Å². The van der Waals surface area contributed by atoms with Gasteiger partial charge in [0, 0.05) is 6.42 Å². The molecule has 0 spiro atoms. The number of nitrogens with one attached hydrogen (secondary N) is 1. The Morgan fingerprint density at radius 3 is 3.11 bits per heavy atom. The van der Waals surface area contributed by atoms with E-state index in [1.165, 1.54) is 0 Å². The predicted octanol–water partition coefficient (Wildman–Crippen LogP) is -0.956. The van der Waals surface area contributed by atoms with Gasteiger partial charge in [-0.05, 0) is 0 Å². The molecule has 3 heterocycles. The molecule has 8 nitrogen and oxygen atoms in total. The summed E-state index contributed by atoms with van der Waals surface area (Å²) in [6.45, 7) is 3.59. The van der Waals surface area contributed by atoms with Crippen molar-refractivity contribution < 1.29 is 14.9 Å². The third kappa shape index (κ3) is 1.89. The summed E-state index contributed by atoms with van der Waals surface area (Å²) in [7, 11) is 0. The smallest absolute Gasteiger partial charge is 0.199 e. The number of fused-ring (bicyclic) bond motifs is 1. The monoisotopic (exact) mass is 265 g/mol. The van der Waals surface area contributed by atoms with E-state index in [0.29, 0.717) is 23.6 Å². The fraction of sp³-hybridized carbons (Fsp3) is 0.455. The average molecular weight is 265 g/mol. The van der Waals surface area contributed by atoms with Crippen LogP contribution in [0, 0.1) is 0 Å². The van der Waals surface area contributed by atoms with Crippen LogP contribution in [0.25, 0.3) is 5.70 Å². The van der Waals surface area contributed by atoms with E-state index in [-0.39, 0.29) is 12.6 Å². The first kappa shape index (κ1) is 12.2. The number of aliphatic hydroxyl groups excluding tert-OH is 2. The number of aliphatic imine (C=N–C) groups is 1. The highest BCUT2D eigenvalue weighted by Gasteiger charge is 2.36. The van der Waals surface area contributed by atoms with E-state index in [2.05, 4.69) is 21.9 Å². The Morgan fingerprint density at radius 2 is 2.42 bits per heavy atom. The lowest BCUT2D eigenvalue weighted by molar-refractivity contribution is -0.0438. The summed E-state index contributed by atoms with van der Waals surface area (Å²) in [4.78, 5) is 8.38. The Kier molecular flexibility index (Phi) is 2.77. The topological polar surface area (TPSA) is 118 Å². The molecule has 0 aromatic carbocycles. The molecule has 3 rings (SSSR count). The number of rotatable bonds is 2. The molecule has 102 valence electrons.